The van der Waals surface area contributed by atoms with E-state index in [2.05, 4.69) is 5.32 Å². The molecule has 1 fully saturated rings. The molecule has 1 amide bonds. The molecule has 0 saturated carbocycles. The number of piperidine rings is 1. The first-order chi connectivity index (χ1) is 9.41. The molecule has 0 bridgehead atoms. The minimum atomic E-state index is -4.84. The van der Waals surface area contributed by atoms with E-state index < -0.39 is 33.7 Å². The molecule has 21 heavy (non-hydrogen) atoms. The van der Waals surface area contributed by atoms with E-state index in [9.17, 15) is 26.4 Å². The first-order valence-electron chi connectivity index (χ1n) is 6.56. The van der Waals surface area contributed by atoms with Crippen molar-refractivity contribution in [2.24, 2.45) is 5.73 Å². The zero-order valence-electron chi connectivity index (χ0n) is 11.9. The molecule has 0 aromatic heterocycles. The second kappa shape index (κ2) is 6.09. The summed E-state index contributed by atoms with van der Waals surface area (Å²) in [4.78, 5) is 11.6. The summed E-state index contributed by atoms with van der Waals surface area (Å²) in [6, 6.07) is -0.508. The highest BCUT2D eigenvalue weighted by atomic mass is 32.2. The Labute approximate surface area is 121 Å². The van der Waals surface area contributed by atoms with Gasteiger partial charge in [0, 0.05) is 19.1 Å². The van der Waals surface area contributed by atoms with E-state index in [1.54, 1.807) is 0 Å². The topological polar surface area (TPSA) is 92.5 Å². The normalized spacial score (nSPS) is 21.8. The van der Waals surface area contributed by atoms with E-state index in [0.717, 1.165) is 0 Å². The summed E-state index contributed by atoms with van der Waals surface area (Å²) in [5, 5.41) is 2.25. The van der Waals surface area contributed by atoms with Crippen LogP contribution in [0, 0.1) is 0 Å². The van der Waals surface area contributed by atoms with Gasteiger partial charge in [-0.25, -0.2) is 12.7 Å². The van der Waals surface area contributed by atoms with Gasteiger partial charge in [0.25, 0.3) is 0 Å². The van der Waals surface area contributed by atoms with E-state index in [0.29, 0.717) is 6.92 Å². The minimum absolute atomic E-state index is 0.0288. The van der Waals surface area contributed by atoms with E-state index in [1.807, 2.05) is 0 Å². The van der Waals surface area contributed by atoms with Gasteiger partial charge in [-0.3, -0.25) is 4.79 Å². The molecule has 3 N–H and O–H groups in total. The largest absolute Gasteiger partial charge is 0.415 e. The van der Waals surface area contributed by atoms with E-state index in [-0.39, 0.29) is 31.7 Å². The number of halogens is 3. The fraction of sp³-hybridized carbons (Fsp3) is 0.909. The summed E-state index contributed by atoms with van der Waals surface area (Å²) < 4.78 is 62.5. The number of nitrogens with two attached hydrogens (primary N) is 1. The molecule has 1 rings (SSSR count). The van der Waals surface area contributed by atoms with Crippen LogP contribution in [0.15, 0.2) is 0 Å². The first-order valence-corrected chi connectivity index (χ1v) is 8.17. The Morgan fingerprint density at radius 1 is 1.33 bits per heavy atom. The third-order valence-corrected chi connectivity index (χ3v) is 5.49. The highest BCUT2D eigenvalue weighted by Crippen LogP contribution is 2.28. The molecule has 0 spiro atoms. The summed E-state index contributed by atoms with van der Waals surface area (Å²) >= 11 is 0. The number of hydrogen-bond donors (Lipinski definition) is 2. The SMILES string of the molecule is CCS(=O)(=O)N1CCC(NC(=O)C(C)(N)C(F)(F)F)CC1. The molecule has 0 radical (unpaired) electrons. The maximum atomic E-state index is 12.6. The van der Waals surface area contributed by atoms with Crippen LogP contribution in [0.25, 0.3) is 0 Å². The molecule has 1 unspecified atom stereocenters. The summed E-state index contributed by atoms with van der Waals surface area (Å²) in [5.74, 6) is -1.33. The van der Waals surface area contributed by atoms with Crippen molar-refractivity contribution in [3.05, 3.63) is 0 Å². The zero-order valence-corrected chi connectivity index (χ0v) is 12.7. The summed E-state index contributed by atoms with van der Waals surface area (Å²) in [7, 11) is -3.31. The number of nitrogens with zero attached hydrogens (tertiary/aromatic N) is 1. The number of sulfonamides is 1. The predicted octanol–water partition coefficient (Wildman–Crippen LogP) is 0.196. The Kier molecular flexibility index (Phi) is 5.27. The smallest absolute Gasteiger partial charge is 0.351 e. The highest BCUT2D eigenvalue weighted by molar-refractivity contribution is 7.89. The van der Waals surface area contributed by atoms with Crippen molar-refractivity contribution in [1.29, 1.82) is 0 Å². The third-order valence-electron chi connectivity index (χ3n) is 3.61. The number of amides is 1. The van der Waals surface area contributed by atoms with Crippen molar-refractivity contribution in [3.63, 3.8) is 0 Å². The van der Waals surface area contributed by atoms with Crippen molar-refractivity contribution < 1.29 is 26.4 Å². The summed E-state index contributed by atoms with van der Waals surface area (Å²) in [6.07, 6.45) is -4.32. The van der Waals surface area contributed by atoms with E-state index in [1.165, 1.54) is 11.2 Å². The maximum absolute atomic E-state index is 12.6. The number of carbonyl (C=O) groups excluding carboxylic acids is 1. The van der Waals surface area contributed by atoms with Crippen LogP contribution in [0.2, 0.25) is 0 Å². The molecule has 124 valence electrons. The first kappa shape index (κ1) is 18.2. The summed E-state index contributed by atoms with van der Waals surface area (Å²) in [5.41, 5.74) is 2.07. The summed E-state index contributed by atoms with van der Waals surface area (Å²) in [6.45, 7) is 2.48. The van der Waals surface area contributed by atoms with Gasteiger partial charge in [0.1, 0.15) is 0 Å². The van der Waals surface area contributed by atoms with Crippen molar-refractivity contribution in [2.75, 3.05) is 18.8 Å². The number of nitrogens with one attached hydrogen (secondary N) is 1. The molecule has 1 aliphatic rings. The Morgan fingerprint density at radius 3 is 2.19 bits per heavy atom. The predicted molar refractivity (Wildman–Crippen MR) is 70.8 cm³/mol. The molecule has 0 aromatic carbocycles. The zero-order chi connectivity index (χ0) is 16.5. The Morgan fingerprint density at radius 2 is 1.81 bits per heavy atom. The van der Waals surface area contributed by atoms with Gasteiger partial charge in [-0.1, -0.05) is 0 Å². The van der Waals surface area contributed by atoms with E-state index >= 15 is 0 Å². The van der Waals surface area contributed by atoms with Crippen LogP contribution in [0.5, 0.6) is 0 Å². The molecule has 0 aromatic rings. The lowest BCUT2D eigenvalue weighted by Crippen LogP contribution is -2.63. The van der Waals surface area contributed by atoms with Crippen LogP contribution in [0.3, 0.4) is 0 Å². The number of rotatable bonds is 4. The molecular formula is C11H20F3N3O3S. The second-order valence-corrected chi connectivity index (χ2v) is 7.51. The second-order valence-electron chi connectivity index (χ2n) is 5.25. The Balaban J connectivity index is 2.60. The van der Waals surface area contributed by atoms with Gasteiger partial charge < -0.3 is 11.1 Å². The van der Waals surface area contributed by atoms with Crippen molar-refractivity contribution in [3.8, 4) is 0 Å². The molecule has 1 saturated heterocycles. The van der Waals surface area contributed by atoms with Crippen LogP contribution in [0.1, 0.15) is 26.7 Å². The quantitative estimate of drug-likeness (QED) is 0.769. The average Bonchev–Trinajstić information content (AvgIpc) is 2.38. The van der Waals surface area contributed by atoms with Crippen molar-refractivity contribution in [1.82, 2.24) is 9.62 Å². The number of carbonyl (C=O) groups is 1. The van der Waals surface area contributed by atoms with Crippen molar-refractivity contribution in [2.45, 2.75) is 44.4 Å². The monoisotopic (exact) mass is 331 g/mol. The third kappa shape index (κ3) is 4.07. The van der Waals surface area contributed by atoms with Crippen LogP contribution >= 0.6 is 0 Å². The van der Waals surface area contributed by atoms with Crippen molar-refractivity contribution >= 4 is 15.9 Å². The fourth-order valence-electron chi connectivity index (χ4n) is 1.92. The van der Waals surface area contributed by atoms with Gasteiger partial charge >= 0.3 is 6.18 Å². The number of hydrogen-bond acceptors (Lipinski definition) is 4. The van der Waals surface area contributed by atoms with Gasteiger partial charge in [-0.05, 0) is 26.7 Å². The van der Waals surface area contributed by atoms with Crippen LogP contribution in [-0.4, -0.2) is 55.2 Å². The lowest BCUT2D eigenvalue weighted by Gasteiger charge is -2.34. The van der Waals surface area contributed by atoms with Gasteiger partial charge in [0.2, 0.25) is 15.9 Å². The minimum Gasteiger partial charge on any atom is -0.351 e. The molecule has 6 nitrogen and oxygen atoms in total. The van der Waals surface area contributed by atoms with Gasteiger partial charge in [-0.2, -0.15) is 13.2 Å². The molecule has 0 aliphatic carbocycles. The molecule has 1 aliphatic heterocycles. The number of alkyl halides is 3. The Bertz CT molecular complexity index is 483. The lowest BCUT2D eigenvalue weighted by molar-refractivity contribution is -0.187. The average molecular weight is 331 g/mol. The molecule has 10 heteroatoms. The van der Waals surface area contributed by atoms with E-state index in [4.69, 9.17) is 5.73 Å². The van der Waals surface area contributed by atoms with Gasteiger partial charge in [-0.15, -0.1) is 0 Å². The maximum Gasteiger partial charge on any atom is 0.415 e. The van der Waals surface area contributed by atoms with Crippen LogP contribution < -0.4 is 11.1 Å². The fourth-order valence-corrected chi connectivity index (χ4v) is 3.06. The van der Waals surface area contributed by atoms with Gasteiger partial charge in [0.15, 0.2) is 5.54 Å². The van der Waals surface area contributed by atoms with Gasteiger partial charge in [0.05, 0.1) is 5.75 Å². The molecule has 1 heterocycles. The van der Waals surface area contributed by atoms with Crippen LogP contribution in [-0.2, 0) is 14.8 Å². The molecule has 1 atom stereocenters. The molecular weight excluding hydrogens is 311 g/mol. The standard InChI is InChI=1S/C11H20F3N3O3S/c1-3-21(19,20)17-6-4-8(5-7-17)16-9(18)10(2,15)11(12,13)14/h8H,3-7,15H2,1-2H3,(H,16,18). The Hall–Kier alpha value is -0.870. The highest BCUT2D eigenvalue weighted by Gasteiger charge is 2.54. The lowest BCUT2D eigenvalue weighted by atomic mass is 9.99. The van der Waals surface area contributed by atoms with Crippen LogP contribution in [0.4, 0.5) is 13.2 Å².